The van der Waals surface area contributed by atoms with Gasteiger partial charge in [-0.1, -0.05) is 18.5 Å². The molecule has 1 saturated heterocycles. The molecular formula is C14H20ClN3O2. The summed E-state index contributed by atoms with van der Waals surface area (Å²) in [6.45, 7) is 4.89. The number of nitrogens with two attached hydrogens (primary N) is 1. The number of rotatable bonds is 4. The zero-order chi connectivity index (χ0) is 14.5. The third-order valence-corrected chi connectivity index (χ3v) is 3.53. The van der Waals surface area contributed by atoms with Crippen LogP contribution in [0.2, 0.25) is 5.02 Å². The first-order valence-corrected chi connectivity index (χ1v) is 7.21. The number of anilines is 3. The summed E-state index contributed by atoms with van der Waals surface area (Å²) in [5.41, 5.74) is 8.15. The molecule has 1 heterocycles. The summed E-state index contributed by atoms with van der Waals surface area (Å²) < 4.78 is 5.33. The molecule has 0 radical (unpaired) electrons. The Labute approximate surface area is 124 Å². The summed E-state index contributed by atoms with van der Waals surface area (Å²) in [6, 6.07) is 3.53. The number of nitrogen functional groups attached to an aromatic ring is 1. The molecule has 20 heavy (non-hydrogen) atoms. The van der Waals surface area contributed by atoms with Crippen molar-refractivity contribution >= 4 is 34.6 Å². The maximum absolute atomic E-state index is 11.7. The summed E-state index contributed by atoms with van der Waals surface area (Å²) in [6.07, 6.45) is 1.28. The van der Waals surface area contributed by atoms with E-state index in [-0.39, 0.29) is 5.91 Å². The van der Waals surface area contributed by atoms with E-state index >= 15 is 0 Å². The zero-order valence-corrected chi connectivity index (χ0v) is 12.4. The second kappa shape index (κ2) is 6.81. The van der Waals surface area contributed by atoms with Crippen LogP contribution in [0.5, 0.6) is 0 Å². The maximum atomic E-state index is 11.7. The monoisotopic (exact) mass is 297 g/mol. The van der Waals surface area contributed by atoms with Gasteiger partial charge in [-0.2, -0.15) is 0 Å². The number of carbonyl (C=O) groups excluding carboxylic acids is 1. The van der Waals surface area contributed by atoms with Gasteiger partial charge in [0, 0.05) is 19.5 Å². The third kappa shape index (κ3) is 3.55. The normalized spacial score (nSPS) is 15.2. The van der Waals surface area contributed by atoms with Crippen LogP contribution in [0.1, 0.15) is 19.8 Å². The number of halogens is 1. The number of nitrogens with zero attached hydrogens (tertiary/aromatic N) is 1. The Hall–Kier alpha value is -1.46. The molecule has 0 spiro atoms. The fourth-order valence-corrected chi connectivity index (χ4v) is 2.41. The number of morpholine rings is 1. The van der Waals surface area contributed by atoms with E-state index in [0.717, 1.165) is 25.2 Å². The Kier molecular flexibility index (Phi) is 5.09. The zero-order valence-electron chi connectivity index (χ0n) is 11.6. The van der Waals surface area contributed by atoms with Gasteiger partial charge in [-0.05, 0) is 18.6 Å². The van der Waals surface area contributed by atoms with E-state index in [2.05, 4.69) is 10.2 Å². The van der Waals surface area contributed by atoms with E-state index in [1.54, 1.807) is 6.07 Å². The molecule has 1 amide bonds. The molecule has 1 aliphatic heterocycles. The molecule has 1 aromatic carbocycles. The number of carbonyl (C=O) groups is 1. The highest BCUT2D eigenvalue weighted by molar-refractivity contribution is 6.34. The molecule has 0 atom stereocenters. The van der Waals surface area contributed by atoms with E-state index in [4.69, 9.17) is 22.1 Å². The minimum atomic E-state index is -0.0351. The summed E-state index contributed by atoms with van der Waals surface area (Å²) in [5.74, 6) is -0.0351. The largest absolute Gasteiger partial charge is 0.397 e. The van der Waals surface area contributed by atoms with Gasteiger partial charge in [0.1, 0.15) is 0 Å². The SMILES string of the molecule is CCCC(=O)Nc1cc(N2CCOCC2)c(N)cc1Cl. The summed E-state index contributed by atoms with van der Waals surface area (Å²) in [7, 11) is 0. The number of amides is 1. The second-order valence-electron chi connectivity index (χ2n) is 4.79. The lowest BCUT2D eigenvalue weighted by molar-refractivity contribution is -0.116. The molecular weight excluding hydrogens is 278 g/mol. The van der Waals surface area contributed by atoms with Gasteiger partial charge in [-0.25, -0.2) is 0 Å². The molecule has 0 bridgehead atoms. The molecule has 3 N–H and O–H groups in total. The first kappa shape index (κ1) is 14.9. The van der Waals surface area contributed by atoms with Gasteiger partial charge in [-0.3, -0.25) is 4.79 Å². The summed E-state index contributed by atoms with van der Waals surface area (Å²) in [4.78, 5) is 13.8. The molecule has 1 aromatic rings. The van der Waals surface area contributed by atoms with Crippen molar-refractivity contribution in [1.82, 2.24) is 0 Å². The highest BCUT2D eigenvalue weighted by Gasteiger charge is 2.16. The van der Waals surface area contributed by atoms with Crippen LogP contribution in [0, 0.1) is 0 Å². The fourth-order valence-electron chi connectivity index (χ4n) is 2.19. The topological polar surface area (TPSA) is 67.6 Å². The van der Waals surface area contributed by atoms with Crippen LogP contribution in [-0.4, -0.2) is 32.2 Å². The Morgan fingerprint density at radius 3 is 2.80 bits per heavy atom. The van der Waals surface area contributed by atoms with E-state index < -0.39 is 0 Å². The molecule has 0 unspecified atom stereocenters. The minimum absolute atomic E-state index is 0.0351. The number of benzene rings is 1. The average molecular weight is 298 g/mol. The summed E-state index contributed by atoms with van der Waals surface area (Å²) >= 11 is 6.15. The predicted octanol–water partition coefficient (Wildman–Crippen LogP) is 2.50. The van der Waals surface area contributed by atoms with Gasteiger partial charge in [0.15, 0.2) is 0 Å². The van der Waals surface area contributed by atoms with Crippen LogP contribution in [0.25, 0.3) is 0 Å². The smallest absolute Gasteiger partial charge is 0.224 e. The Balaban J connectivity index is 2.22. The van der Waals surface area contributed by atoms with Crippen molar-refractivity contribution in [1.29, 1.82) is 0 Å². The molecule has 0 saturated carbocycles. The number of hydrogen-bond donors (Lipinski definition) is 2. The molecule has 1 aliphatic rings. The van der Waals surface area contributed by atoms with Crippen molar-refractivity contribution in [3.8, 4) is 0 Å². The van der Waals surface area contributed by atoms with Gasteiger partial charge in [0.25, 0.3) is 0 Å². The van der Waals surface area contributed by atoms with Crippen molar-refractivity contribution in [2.24, 2.45) is 0 Å². The third-order valence-electron chi connectivity index (χ3n) is 3.22. The maximum Gasteiger partial charge on any atom is 0.224 e. The lowest BCUT2D eigenvalue weighted by Gasteiger charge is -2.30. The van der Waals surface area contributed by atoms with E-state index in [1.165, 1.54) is 0 Å². The molecule has 0 aromatic heterocycles. The molecule has 0 aliphatic carbocycles. The van der Waals surface area contributed by atoms with Crippen LogP contribution in [0.3, 0.4) is 0 Å². The fraction of sp³-hybridized carbons (Fsp3) is 0.500. The first-order chi connectivity index (χ1) is 9.61. The van der Waals surface area contributed by atoms with Crippen molar-refractivity contribution in [2.45, 2.75) is 19.8 Å². The van der Waals surface area contributed by atoms with Crippen molar-refractivity contribution in [3.63, 3.8) is 0 Å². The van der Waals surface area contributed by atoms with Crippen LogP contribution >= 0.6 is 11.6 Å². The Bertz CT molecular complexity index is 488. The Morgan fingerprint density at radius 1 is 1.45 bits per heavy atom. The van der Waals surface area contributed by atoms with Crippen molar-refractivity contribution in [2.75, 3.05) is 42.3 Å². The molecule has 110 valence electrons. The highest BCUT2D eigenvalue weighted by Crippen LogP contribution is 2.34. The molecule has 6 heteroatoms. The number of hydrogen-bond acceptors (Lipinski definition) is 4. The molecule has 5 nitrogen and oxygen atoms in total. The van der Waals surface area contributed by atoms with Crippen LogP contribution in [-0.2, 0) is 9.53 Å². The van der Waals surface area contributed by atoms with Crippen LogP contribution < -0.4 is 16.0 Å². The van der Waals surface area contributed by atoms with E-state index in [9.17, 15) is 4.79 Å². The van der Waals surface area contributed by atoms with E-state index in [0.29, 0.717) is 36.0 Å². The number of ether oxygens (including phenoxy) is 1. The standard InChI is InChI=1S/C14H20ClN3O2/c1-2-3-14(19)17-12-9-13(11(16)8-10(12)15)18-4-6-20-7-5-18/h8-9H,2-7,16H2,1H3,(H,17,19). The van der Waals surface area contributed by atoms with E-state index in [1.807, 2.05) is 13.0 Å². The van der Waals surface area contributed by atoms with Crippen molar-refractivity contribution < 1.29 is 9.53 Å². The highest BCUT2D eigenvalue weighted by atomic mass is 35.5. The van der Waals surface area contributed by atoms with Gasteiger partial charge in [-0.15, -0.1) is 0 Å². The van der Waals surface area contributed by atoms with Crippen LogP contribution in [0.15, 0.2) is 12.1 Å². The quantitative estimate of drug-likeness (QED) is 0.838. The van der Waals surface area contributed by atoms with Gasteiger partial charge in [0.05, 0.1) is 35.3 Å². The first-order valence-electron chi connectivity index (χ1n) is 6.83. The lowest BCUT2D eigenvalue weighted by atomic mass is 10.2. The van der Waals surface area contributed by atoms with Gasteiger partial charge >= 0.3 is 0 Å². The van der Waals surface area contributed by atoms with Crippen LogP contribution in [0.4, 0.5) is 17.1 Å². The lowest BCUT2D eigenvalue weighted by Crippen LogP contribution is -2.36. The van der Waals surface area contributed by atoms with Gasteiger partial charge in [0.2, 0.25) is 5.91 Å². The summed E-state index contributed by atoms with van der Waals surface area (Å²) in [5, 5.41) is 3.30. The van der Waals surface area contributed by atoms with Gasteiger partial charge < -0.3 is 20.7 Å². The minimum Gasteiger partial charge on any atom is -0.397 e. The predicted molar refractivity (Wildman–Crippen MR) is 82.4 cm³/mol. The molecule has 2 rings (SSSR count). The average Bonchev–Trinajstić information content (AvgIpc) is 2.43. The molecule has 1 fully saturated rings. The van der Waals surface area contributed by atoms with Crippen molar-refractivity contribution in [3.05, 3.63) is 17.2 Å². The second-order valence-corrected chi connectivity index (χ2v) is 5.20. The number of nitrogens with one attached hydrogen (secondary N) is 1. The Morgan fingerprint density at radius 2 is 2.15 bits per heavy atom.